The highest BCUT2D eigenvalue weighted by molar-refractivity contribution is 5.88. The molecule has 23 heavy (non-hydrogen) atoms. The number of nitrogens with zero attached hydrogens (tertiary/aromatic N) is 1. The first-order valence-electron chi connectivity index (χ1n) is 9.94. The fourth-order valence-electron chi connectivity index (χ4n) is 2.82. The van der Waals surface area contributed by atoms with Gasteiger partial charge in [-0.05, 0) is 18.9 Å². The van der Waals surface area contributed by atoms with Crippen molar-refractivity contribution in [2.75, 3.05) is 13.2 Å². The summed E-state index contributed by atoms with van der Waals surface area (Å²) in [5, 5.41) is 0. The van der Waals surface area contributed by atoms with E-state index in [0.29, 0.717) is 0 Å². The lowest BCUT2D eigenvalue weighted by Crippen LogP contribution is -2.10. The first-order valence-corrected chi connectivity index (χ1v) is 9.94. The zero-order valence-electron chi connectivity index (χ0n) is 15.3. The van der Waals surface area contributed by atoms with Crippen LogP contribution in [0.5, 0.6) is 0 Å². The highest BCUT2D eigenvalue weighted by atomic mass is 16.5. The van der Waals surface area contributed by atoms with Crippen LogP contribution in [-0.2, 0) is 4.74 Å². The second kappa shape index (κ2) is 15.8. The van der Waals surface area contributed by atoms with Gasteiger partial charge in [-0.3, -0.25) is 4.99 Å². The molecule has 0 aromatic carbocycles. The van der Waals surface area contributed by atoms with E-state index in [1.54, 1.807) is 0 Å². The molecule has 0 fully saturated rings. The zero-order valence-corrected chi connectivity index (χ0v) is 15.3. The lowest BCUT2D eigenvalue weighted by atomic mass is 10.1. The van der Waals surface area contributed by atoms with Gasteiger partial charge in [-0.25, -0.2) is 0 Å². The van der Waals surface area contributed by atoms with E-state index in [-0.39, 0.29) is 0 Å². The van der Waals surface area contributed by atoms with Crippen LogP contribution in [0.25, 0.3) is 0 Å². The first-order chi connectivity index (χ1) is 11.4. The number of hydrogen-bond acceptors (Lipinski definition) is 2. The number of allylic oxidation sites excluding steroid dienone is 3. The van der Waals surface area contributed by atoms with Crippen LogP contribution in [0.3, 0.4) is 0 Å². The Balaban J connectivity index is 1.81. The third-order valence-electron chi connectivity index (χ3n) is 4.28. The van der Waals surface area contributed by atoms with Crippen LogP contribution >= 0.6 is 0 Å². The van der Waals surface area contributed by atoms with Gasteiger partial charge in [0.25, 0.3) is 0 Å². The molecule has 0 atom stereocenters. The predicted molar refractivity (Wildman–Crippen MR) is 102 cm³/mol. The lowest BCUT2D eigenvalue weighted by Gasteiger charge is -2.09. The zero-order chi connectivity index (χ0) is 16.4. The van der Waals surface area contributed by atoms with Gasteiger partial charge in [0, 0.05) is 13.0 Å². The Morgan fingerprint density at radius 1 is 0.870 bits per heavy atom. The minimum absolute atomic E-state index is 0.788. The van der Waals surface area contributed by atoms with Crippen LogP contribution in [0.4, 0.5) is 0 Å². The standard InChI is InChI=1S/C21H37NO/c1-2-3-4-5-6-7-8-9-10-11-12-13-14-15-16-18-21-22-19-17-20-23-21/h14-16,18H,2-13,17,19-20H2,1H3. The molecular formula is C21H37NO. The van der Waals surface area contributed by atoms with Gasteiger partial charge in [-0.2, -0.15) is 0 Å². The molecule has 0 radical (unpaired) electrons. The Morgan fingerprint density at radius 3 is 2.13 bits per heavy atom. The number of aliphatic imine (C=N–C) groups is 1. The summed E-state index contributed by atoms with van der Waals surface area (Å²) in [6.45, 7) is 4.00. The Hall–Kier alpha value is -1.05. The predicted octanol–water partition coefficient (Wildman–Crippen LogP) is 6.62. The van der Waals surface area contributed by atoms with E-state index in [0.717, 1.165) is 25.5 Å². The van der Waals surface area contributed by atoms with Crippen molar-refractivity contribution in [2.24, 2.45) is 4.99 Å². The maximum atomic E-state index is 5.43. The monoisotopic (exact) mass is 319 g/mol. The first kappa shape index (κ1) is 20.0. The summed E-state index contributed by atoms with van der Waals surface area (Å²) in [5.41, 5.74) is 0. The molecule has 0 bridgehead atoms. The Bertz CT molecular complexity index is 344. The summed E-state index contributed by atoms with van der Waals surface area (Å²) in [7, 11) is 0. The quantitative estimate of drug-likeness (QED) is 0.260. The molecule has 0 saturated heterocycles. The number of unbranched alkanes of at least 4 members (excludes halogenated alkanes) is 11. The van der Waals surface area contributed by atoms with E-state index in [2.05, 4.69) is 24.1 Å². The molecule has 0 N–H and O–H groups in total. The second-order valence-electron chi connectivity index (χ2n) is 6.53. The van der Waals surface area contributed by atoms with Crippen molar-refractivity contribution in [3.05, 3.63) is 24.3 Å². The smallest absolute Gasteiger partial charge is 0.208 e. The van der Waals surface area contributed by atoms with Crippen LogP contribution in [0.1, 0.15) is 90.4 Å². The molecule has 0 unspecified atom stereocenters. The summed E-state index contributed by atoms with van der Waals surface area (Å²) in [6.07, 6.45) is 26.1. The maximum Gasteiger partial charge on any atom is 0.208 e. The van der Waals surface area contributed by atoms with Gasteiger partial charge in [-0.15, -0.1) is 0 Å². The number of rotatable bonds is 14. The maximum absolute atomic E-state index is 5.43. The van der Waals surface area contributed by atoms with Gasteiger partial charge >= 0.3 is 0 Å². The van der Waals surface area contributed by atoms with Crippen molar-refractivity contribution in [1.82, 2.24) is 0 Å². The topological polar surface area (TPSA) is 21.6 Å². The van der Waals surface area contributed by atoms with E-state index >= 15 is 0 Å². The molecule has 132 valence electrons. The molecule has 0 aromatic rings. The van der Waals surface area contributed by atoms with Crippen LogP contribution in [0.2, 0.25) is 0 Å². The van der Waals surface area contributed by atoms with Crippen molar-refractivity contribution in [3.63, 3.8) is 0 Å². The fraction of sp³-hybridized carbons (Fsp3) is 0.762. The van der Waals surface area contributed by atoms with Crippen LogP contribution in [-0.4, -0.2) is 19.0 Å². The van der Waals surface area contributed by atoms with Gasteiger partial charge in [0.1, 0.15) is 0 Å². The minimum Gasteiger partial charge on any atom is -0.478 e. The SMILES string of the molecule is CCCCCCCCCCCCCC=CC=CC1=NCCCO1. The highest BCUT2D eigenvalue weighted by Crippen LogP contribution is 2.12. The average Bonchev–Trinajstić information content (AvgIpc) is 2.59. The Kier molecular flexibility index (Phi) is 13.8. The number of hydrogen-bond donors (Lipinski definition) is 0. The van der Waals surface area contributed by atoms with E-state index < -0.39 is 0 Å². The van der Waals surface area contributed by atoms with E-state index in [1.165, 1.54) is 77.0 Å². The summed E-state index contributed by atoms with van der Waals surface area (Å²) in [5.74, 6) is 0.788. The third kappa shape index (κ3) is 13.1. The molecule has 0 aromatic heterocycles. The van der Waals surface area contributed by atoms with Crippen molar-refractivity contribution in [3.8, 4) is 0 Å². The molecule has 0 aliphatic carbocycles. The number of ether oxygens (including phenoxy) is 1. The third-order valence-corrected chi connectivity index (χ3v) is 4.28. The fourth-order valence-corrected chi connectivity index (χ4v) is 2.82. The Morgan fingerprint density at radius 2 is 1.52 bits per heavy atom. The highest BCUT2D eigenvalue weighted by Gasteiger charge is 1.99. The molecule has 0 amide bonds. The second-order valence-corrected chi connectivity index (χ2v) is 6.53. The summed E-state index contributed by atoms with van der Waals surface area (Å²) >= 11 is 0. The van der Waals surface area contributed by atoms with Gasteiger partial charge in [0.05, 0.1) is 6.61 Å². The van der Waals surface area contributed by atoms with E-state index in [9.17, 15) is 0 Å². The van der Waals surface area contributed by atoms with Crippen LogP contribution in [0.15, 0.2) is 29.3 Å². The van der Waals surface area contributed by atoms with Crippen molar-refractivity contribution in [1.29, 1.82) is 0 Å². The average molecular weight is 320 g/mol. The van der Waals surface area contributed by atoms with E-state index in [4.69, 9.17) is 4.74 Å². The molecule has 2 heteroatoms. The minimum atomic E-state index is 0.788. The van der Waals surface area contributed by atoms with Gasteiger partial charge in [0.2, 0.25) is 5.90 Å². The lowest BCUT2D eigenvalue weighted by molar-refractivity contribution is 0.285. The van der Waals surface area contributed by atoms with Gasteiger partial charge in [-0.1, -0.05) is 89.4 Å². The van der Waals surface area contributed by atoms with Crippen molar-refractivity contribution >= 4 is 5.90 Å². The summed E-state index contributed by atoms with van der Waals surface area (Å²) < 4.78 is 5.43. The van der Waals surface area contributed by atoms with Crippen molar-refractivity contribution in [2.45, 2.75) is 90.4 Å². The van der Waals surface area contributed by atoms with Crippen molar-refractivity contribution < 1.29 is 4.74 Å². The molecule has 1 aliphatic heterocycles. The van der Waals surface area contributed by atoms with Gasteiger partial charge < -0.3 is 4.74 Å². The molecule has 1 rings (SSSR count). The molecular weight excluding hydrogens is 282 g/mol. The van der Waals surface area contributed by atoms with Gasteiger partial charge in [0.15, 0.2) is 0 Å². The summed E-state index contributed by atoms with van der Waals surface area (Å²) in [6, 6.07) is 0. The van der Waals surface area contributed by atoms with Crippen LogP contribution in [0, 0.1) is 0 Å². The normalized spacial score (nSPS) is 15.3. The molecule has 1 heterocycles. The van der Waals surface area contributed by atoms with E-state index in [1.807, 2.05) is 12.2 Å². The largest absolute Gasteiger partial charge is 0.478 e. The molecule has 2 nitrogen and oxygen atoms in total. The molecule has 1 aliphatic rings. The summed E-state index contributed by atoms with van der Waals surface area (Å²) in [4.78, 5) is 4.31. The molecule has 0 spiro atoms. The van der Waals surface area contributed by atoms with Crippen LogP contribution < -0.4 is 0 Å². The Labute approximate surface area is 144 Å². The molecule has 0 saturated carbocycles.